The van der Waals surface area contributed by atoms with Crippen molar-refractivity contribution in [3.8, 4) is 0 Å². The minimum Gasteiger partial charge on any atom is -0.756 e. The number of carbonyl (C=O) groups is 1. The molecule has 1 aliphatic rings. The summed E-state index contributed by atoms with van der Waals surface area (Å²) in [4.78, 5) is 66.8. The second kappa shape index (κ2) is 43.4. The maximum absolute atomic E-state index is 12.9. The Balaban J connectivity index is 0.0000224. The van der Waals surface area contributed by atoms with E-state index >= 15 is 0 Å². The summed E-state index contributed by atoms with van der Waals surface area (Å²) in [6.45, 7) is 3.00. The van der Waals surface area contributed by atoms with Crippen LogP contribution in [0.3, 0.4) is 0 Å². The number of phosphoric acid groups is 2. The molecule has 1 aromatic heterocycles. The molecule has 1 aromatic rings. The number of thioether (sulfide) groups is 1. The number of aromatic nitrogens is 2. The summed E-state index contributed by atoms with van der Waals surface area (Å²) in [5.41, 5.74) is 7.56. The molecule has 1 fully saturated rings. The first-order valence-corrected chi connectivity index (χ1v) is 29.4. The van der Waals surface area contributed by atoms with Crippen molar-refractivity contribution in [1.29, 1.82) is 0 Å². The molecule has 0 radical (unpaired) electrons. The molecule has 2 rings (SSSR count). The van der Waals surface area contributed by atoms with Gasteiger partial charge in [-0.15, -0.1) is 0 Å². The summed E-state index contributed by atoms with van der Waals surface area (Å²) < 4.78 is 51.9. The van der Waals surface area contributed by atoms with Crippen molar-refractivity contribution in [2.75, 3.05) is 24.7 Å². The number of ether oxygens (including phenoxy) is 2. The minimum atomic E-state index is -5.60. The number of carbonyl (C=O) groups excluding carboxylic acids is 1. The molecular weight excluding hydrogens is 955 g/mol. The van der Waals surface area contributed by atoms with Crippen molar-refractivity contribution in [3.05, 3.63) is 43.5 Å². The Morgan fingerprint density at radius 1 is 0.779 bits per heavy atom. The molecule has 68 heavy (non-hydrogen) atoms. The molecule has 17 nitrogen and oxygen atoms in total. The molecule has 0 bridgehead atoms. The first kappa shape index (κ1) is 68.0. The zero-order valence-corrected chi connectivity index (χ0v) is 48.8. The van der Waals surface area contributed by atoms with Crippen LogP contribution in [0.1, 0.15) is 219 Å². The zero-order valence-electron chi connectivity index (χ0n) is 42.2. The van der Waals surface area contributed by atoms with Crippen LogP contribution in [0.15, 0.2) is 27.0 Å². The molecule has 0 amide bonds. The van der Waals surface area contributed by atoms with E-state index in [0.29, 0.717) is 6.42 Å². The van der Waals surface area contributed by atoms with E-state index in [1.54, 1.807) is 0 Å². The zero-order chi connectivity index (χ0) is 48.1. The minimum absolute atomic E-state index is 0. The molecule has 1 aliphatic heterocycles. The van der Waals surface area contributed by atoms with Gasteiger partial charge >= 0.3 is 70.8 Å². The largest absolute Gasteiger partial charge is 1.00 e. The summed E-state index contributed by atoms with van der Waals surface area (Å²) in [6.07, 6.45) is 33.5. The standard InChI is InChI=1S/C46H85N5O12P2S.2Na/c1-3-5-7-9-11-13-15-17-18-19-21-23-25-27-29-31-35-66-39-40(61-45(53)32-30-28-26-24-22-20-16-14-12-10-8-6-4-2)37-59-64(55,56)63-65(57,58)60-38-42-41(49-50-47)36-44(62-42)51-34-33-43(52)48-46(51)54;;/h33-34,40-42,44H,3-32,35-39H2,1-2H3,(H,55,56)(H,57,58)(H,48,52,54);;/q;2*+1/p-2. The number of azide groups is 1. The molecule has 1 N–H and O–H groups in total. The number of rotatable bonds is 44. The van der Waals surface area contributed by atoms with Crippen LogP contribution in [0.25, 0.3) is 10.4 Å². The van der Waals surface area contributed by atoms with Gasteiger partial charge < -0.3 is 28.3 Å². The van der Waals surface area contributed by atoms with Gasteiger partial charge in [-0.25, -0.2) is 9.11 Å². The van der Waals surface area contributed by atoms with E-state index in [1.165, 1.54) is 159 Å². The van der Waals surface area contributed by atoms with Crippen molar-refractivity contribution < 1.29 is 106 Å². The van der Waals surface area contributed by atoms with Crippen molar-refractivity contribution in [2.45, 2.75) is 237 Å². The Bertz CT molecular complexity index is 1700. The second-order valence-electron chi connectivity index (χ2n) is 17.7. The number of phosphoric ester groups is 2. The maximum Gasteiger partial charge on any atom is 1.00 e. The van der Waals surface area contributed by atoms with Gasteiger partial charge in [0.25, 0.3) is 21.2 Å². The Kier molecular flexibility index (Phi) is 43.5. The van der Waals surface area contributed by atoms with E-state index in [1.807, 2.05) is 0 Å². The third-order valence-corrected chi connectivity index (χ3v) is 15.5. The first-order valence-electron chi connectivity index (χ1n) is 25.3. The van der Waals surface area contributed by atoms with Crippen LogP contribution >= 0.6 is 27.4 Å². The van der Waals surface area contributed by atoms with Crippen LogP contribution in [0.2, 0.25) is 0 Å². The van der Waals surface area contributed by atoms with Gasteiger partial charge in [-0.2, -0.15) is 11.8 Å². The molecule has 382 valence electrons. The Morgan fingerprint density at radius 2 is 1.24 bits per heavy atom. The number of hydrogen-bond donors (Lipinski definition) is 1. The van der Waals surface area contributed by atoms with E-state index in [-0.39, 0.29) is 77.7 Å². The molecule has 0 aliphatic carbocycles. The molecule has 1 saturated heterocycles. The van der Waals surface area contributed by atoms with Crippen LogP contribution in [0, 0.1) is 0 Å². The second-order valence-corrected chi connectivity index (χ2v) is 21.8. The molecular formula is C46H83N5Na2O12P2S. The number of H-pyrrole nitrogens is 1. The first-order chi connectivity index (χ1) is 31.9. The number of unbranched alkanes of at least 4 members (excludes halogenated alkanes) is 27. The summed E-state index contributed by atoms with van der Waals surface area (Å²) in [7, 11) is -11.2. The Labute approximate surface area is 455 Å². The Hall–Kier alpha value is 0.0300. The average Bonchev–Trinajstić information content (AvgIpc) is 3.67. The number of nitrogens with zero attached hydrogens (tertiary/aromatic N) is 4. The van der Waals surface area contributed by atoms with Crippen LogP contribution < -0.4 is 80.2 Å². The summed E-state index contributed by atoms with van der Waals surface area (Å²) in [5.74, 6) is 0.537. The smallest absolute Gasteiger partial charge is 0.756 e. The molecule has 0 spiro atoms. The van der Waals surface area contributed by atoms with Crippen molar-refractivity contribution >= 4 is 33.4 Å². The number of nitrogens with one attached hydrogen (secondary N) is 1. The third-order valence-electron chi connectivity index (χ3n) is 11.8. The van der Waals surface area contributed by atoms with E-state index in [0.717, 1.165) is 54.9 Å². The van der Waals surface area contributed by atoms with Crippen molar-refractivity contribution in [1.82, 2.24) is 9.55 Å². The van der Waals surface area contributed by atoms with Gasteiger partial charge in [0.15, 0.2) is 0 Å². The SMILES string of the molecule is CCCCCCCCCCCCCCCCCCSCC(COP(=O)([O-])OP(=O)([O-])OCC1OC(n2ccc(=O)[nH]c2=O)CC1N=[N+]=[N-])OC(=O)CCCCCCCCCCCCCCC.[Na+].[Na+]. The van der Waals surface area contributed by atoms with Crippen LogP contribution in [0.5, 0.6) is 0 Å². The molecule has 6 atom stereocenters. The predicted molar refractivity (Wildman–Crippen MR) is 258 cm³/mol. The topological polar surface area (TPSA) is 247 Å². The number of hydrogen-bond acceptors (Lipinski definition) is 14. The van der Waals surface area contributed by atoms with E-state index in [4.69, 9.17) is 24.1 Å². The van der Waals surface area contributed by atoms with Crippen LogP contribution in [-0.2, 0) is 36.8 Å². The van der Waals surface area contributed by atoms with Gasteiger partial charge in [0.1, 0.15) is 12.3 Å². The van der Waals surface area contributed by atoms with Crippen molar-refractivity contribution in [2.24, 2.45) is 5.11 Å². The van der Waals surface area contributed by atoms with E-state index in [9.17, 15) is 33.3 Å². The van der Waals surface area contributed by atoms with Gasteiger partial charge in [0.05, 0.1) is 25.4 Å². The quantitative estimate of drug-likeness (QED) is 0.0153. The molecule has 6 unspecified atom stereocenters. The summed E-state index contributed by atoms with van der Waals surface area (Å²) >= 11 is 1.51. The molecule has 22 heteroatoms. The number of aromatic amines is 1. The maximum atomic E-state index is 12.9. The summed E-state index contributed by atoms with van der Waals surface area (Å²) in [6, 6.07) is 0.0657. The molecule has 0 aromatic carbocycles. The summed E-state index contributed by atoms with van der Waals surface area (Å²) in [5, 5.41) is 3.57. The normalized spacial score (nSPS) is 17.9. The van der Waals surface area contributed by atoms with Crippen LogP contribution in [-0.4, -0.2) is 58.5 Å². The van der Waals surface area contributed by atoms with Crippen molar-refractivity contribution in [3.63, 3.8) is 0 Å². The monoisotopic (exact) mass is 1040 g/mol. The van der Waals surface area contributed by atoms with Gasteiger partial charge in [-0.05, 0) is 24.1 Å². The van der Waals surface area contributed by atoms with Gasteiger partial charge in [0.2, 0.25) is 0 Å². The molecule has 2 heterocycles. The third kappa shape index (κ3) is 35.2. The fourth-order valence-corrected chi connectivity index (χ4v) is 11.0. The van der Waals surface area contributed by atoms with Gasteiger partial charge in [-0.3, -0.25) is 28.3 Å². The fourth-order valence-electron chi connectivity index (χ4n) is 8.00. The fraction of sp³-hybridized carbons (Fsp3) is 0.891. The Morgan fingerprint density at radius 3 is 1.71 bits per heavy atom. The number of esters is 1. The molecule has 0 saturated carbocycles. The van der Waals surface area contributed by atoms with Crippen LogP contribution in [0.4, 0.5) is 0 Å². The van der Waals surface area contributed by atoms with Gasteiger partial charge in [-0.1, -0.05) is 192 Å². The van der Waals surface area contributed by atoms with Gasteiger partial charge in [0, 0.05) is 35.8 Å². The predicted octanol–water partition coefficient (Wildman–Crippen LogP) is 5.89. The average molecular weight is 1040 g/mol. The van der Waals surface area contributed by atoms with E-state index < -0.39 is 70.6 Å². The van der Waals surface area contributed by atoms with E-state index in [2.05, 4.69) is 33.2 Å².